The van der Waals surface area contributed by atoms with Crippen molar-refractivity contribution in [1.82, 2.24) is 14.7 Å². The van der Waals surface area contributed by atoms with E-state index in [2.05, 4.69) is 36.1 Å². The first-order chi connectivity index (χ1) is 10.1. The standard InChI is InChI=1S/C16H27N3O2/c1-4-13(3)19-11-8-15(17-19)12-18-9-6-14(7-10-18)16(20)21-5-2/h8,11,13-14H,4-7,9-10,12H2,1-3H3. The molecule has 118 valence electrons. The zero-order chi connectivity index (χ0) is 15.2. The first-order valence-electron chi connectivity index (χ1n) is 8.07. The van der Waals surface area contributed by atoms with Crippen LogP contribution in [-0.2, 0) is 16.1 Å². The van der Waals surface area contributed by atoms with Gasteiger partial charge in [-0.15, -0.1) is 0 Å². The van der Waals surface area contributed by atoms with Crippen molar-refractivity contribution in [2.24, 2.45) is 5.92 Å². The Morgan fingerprint density at radius 2 is 2.14 bits per heavy atom. The highest BCUT2D eigenvalue weighted by Gasteiger charge is 2.26. The molecule has 2 heterocycles. The molecule has 2 rings (SSSR count). The van der Waals surface area contributed by atoms with E-state index < -0.39 is 0 Å². The van der Waals surface area contributed by atoms with E-state index in [0.717, 1.165) is 44.6 Å². The molecule has 0 saturated carbocycles. The smallest absolute Gasteiger partial charge is 0.309 e. The van der Waals surface area contributed by atoms with E-state index in [1.807, 2.05) is 11.6 Å². The van der Waals surface area contributed by atoms with E-state index in [4.69, 9.17) is 4.74 Å². The molecular formula is C16H27N3O2. The van der Waals surface area contributed by atoms with Crippen LogP contribution in [0, 0.1) is 5.92 Å². The summed E-state index contributed by atoms with van der Waals surface area (Å²) in [4.78, 5) is 14.1. The Bertz CT molecular complexity index is 450. The lowest BCUT2D eigenvalue weighted by Gasteiger charge is -2.30. The minimum Gasteiger partial charge on any atom is -0.466 e. The molecule has 0 N–H and O–H groups in total. The molecular weight excluding hydrogens is 266 g/mol. The number of likely N-dealkylation sites (tertiary alicyclic amines) is 1. The van der Waals surface area contributed by atoms with Crippen LogP contribution in [0.2, 0.25) is 0 Å². The number of carbonyl (C=O) groups excluding carboxylic acids is 1. The van der Waals surface area contributed by atoms with E-state index in [9.17, 15) is 4.79 Å². The van der Waals surface area contributed by atoms with Crippen molar-refractivity contribution in [3.05, 3.63) is 18.0 Å². The average molecular weight is 293 g/mol. The molecule has 21 heavy (non-hydrogen) atoms. The molecule has 1 atom stereocenters. The molecule has 5 heteroatoms. The summed E-state index contributed by atoms with van der Waals surface area (Å²) in [6.07, 6.45) is 4.94. The maximum absolute atomic E-state index is 11.7. The van der Waals surface area contributed by atoms with Gasteiger partial charge in [0.25, 0.3) is 0 Å². The fraction of sp³-hybridized carbons (Fsp3) is 0.750. The Kier molecular flexibility index (Phi) is 5.79. The van der Waals surface area contributed by atoms with Crippen molar-refractivity contribution in [3.63, 3.8) is 0 Å². The highest BCUT2D eigenvalue weighted by atomic mass is 16.5. The van der Waals surface area contributed by atoms with E-state index in [-0.39, 0.29) is 11.9 Å². The quantitative estimate of drug-likeness (QED) is 0.757. The second-order valence-electron chi connectivity index (χ2n) is 5.85. The van der Waals surface area contributed by atoms with Gasteiger partial charge in [0.05, 0.1) is 18.2 Å². The van der Waals surface area contributed by atoms with E-state index >= 15 is 0 Å². The zero-order valence-corrected chi connectivity index (χ0v) is 13.4. The third-order valence-corrected chi connectivity index (χ3v) is 4.30. The highest BCUT2D eigenvalue weighted by Crippen LogP contribution is 2.20. The first-order valence-corrected chi connectivity index (χ1v) is 8.07. The van der Waals surface area contributed by atoms with Gasteiger partial charge >= 0.3 is 5.97 Å². The van der Waals surface area contributed by atoms with Gasteiger partial charge in [0.2, 0.25) is 0 Å². The van der Waals surface area contributed by atoms with Gasteiger partial charge in [-0.3, -0.25) is 14.4 Å². The molecule has 0 spiro atoms. The maximum Gasteiger partial charge on any atom is 0.309 e. The van der Waals surface area contributed by atoms with E-state index in [1.165, 1.54) is 0 Å². The molecule has 1 saturated heterocycles. The number of hydrogen-bond donors (Lipinski definition) is 0. The maximum atomic E-state index is 11.7. The fourth-order valence-corrected chi connectivity index (χ4v) is 2.71. The Labute approximate surface area is 127 Å². The Balaban J connectivity index is 1.81. The lowest BCUT2D eigenvalue weighted by atomic mass is 9.97. The van der Waals surface area contributed by atoms with Gasteiger partial charge in [0, 0.05) is 18.8 Å². The lowest BCUT2D eigenvalue weighted by Crippen LogP contribution is -2.36. The van der Waals surface area contributed by atoms with Gasteiger partial charge in [0.1, 0.15) is 0 Å². The molecule has 0 amide bonds. The monoisotopic (exact) mass is 293 g/mol. The second kappa shape index (κ2) is 7.59. The summed E-state index contributed by atoms with van der Waals surface area (Å²) in [6, 6.07) is 2.55. The Morgan fingerprint density at radius 1 is 1.43 bits per heavy atom. The fourth-order valence-electron chi connectivity index (χ4n) is 2.71. The largest absolute Gasteiger partial charge is 0.466 e. The van der Waals surface area contributed by atoms with Gasteiger partial charge in [-0.25, -0.2) is 0 Å². The summed E-state index contributed by atoms with van der Waals surface area (Å²) in [5.74, 6) is 0.0528. The van der Waals surface area contributed by atoms with Gasteiger partial charge < -0.3 is 4.74 Å². The summed E-state index contributed by atoms with van der Waals surface area (Å²) in [6.45, 7) is 9.46. The molecule has 1 aromatic heterocycles. The van der Waals surface area contributed by atoms with Crippen LogP contribution in [0.15, 0.2) is 12.3 Å². The minimum atomic E-state index is -0.0294. The normalized spacial score (nSPS) is 18.6. The molecule has 1 aliphatic rings. The average Bonchev–Trinajstić information content (AvgIpc) is 2.96. The van der Waals surface area contributed by atoms with Crippen LogP contribution in [0.1, 0.15) is 51.8 Å². The number of aromatic nitrogens is 2. The Morgan fingerprint density at radius 3 is 2.76 bits per heavy atom. The predicted octanol–water partition coefficient (Wildman–Crippen LogP) is 2.63. The summed E-state index contributed by atoms with van der Waals surface area (Å²) < 4.78 is 7.15. The van der Waals surface area contributed by atoms with Crippen LogP contribution in [0.5, 0.6) is 0 Å². The zero-order valence-electron chi connectivity index (χ0n) is 13.4. The number of piperidine rings is 1. The molecule has 0 aromatic carbocycles. The van der Waals surface area contributed by atoms with Gasteiger partial charge in [0.15, 0.2) is 0 Å². The minimum absolute atomic E-state index is 0.0294. The number of rotatable bonds is 6. The molecule has 0 bridgehead atoms. The Hall–Kier alpha value is -1.36. The van der Waals surface area contributed by atoms with Crippen molar-refractivity contribution >= 4 is 5.97 Å². The molecule has 0 radical (unpaired) electrons. The lowest BCUT2D eigenvalue weighted by molar-refractivity contribution is -0.149. The predicted molar refractivity (Wildman–Crippen MR) is 81.9 cm³/mol. The highest BCUT2D eigenvalue weighted by molar-refractivity contribution is 5.72. The van der Waals surface area contributed by atoms with Crippen LogP contribution in [-0.4, -0.2) is 40.3 Å². The van der Waals surface area contributed by atoms with E-state index in [1.54, 1.807) is 0 Å². The van der Waals surface area contributed by atoms with Crippen LogP contribution in [0.25, 0.3) is 0 Å². The van der Waals surface area contributed by atoms with Crippen molar-refractivity contribution in [1.29, 1.82) is 0 Å². The van der Waals surface area contributed by atoms with Gasteiger partial charge in [-0.05, 0) is 52.3 Å². The molecule has 1 fully saturated rings. The molecule has 1 aromatic rings. The molecule has 1 aliphatic heterocycles. The summed E-state index contributed by atoms with van der Waals surface area (Å²) in [7, 11) is 0. The third kappa shape index (κ3) is 4.30. The summed E-state index contributed by atoms with van der Waals surface area (Å²) in [5, 5.41) is 4.64. The number of esters is 1. The van der Waals surface area contributed by atoms with Gasteiger partial charge in [-0.1, -0.05) is 6.92 Å². The first kappa shape index (κ1) is 16.0. The van der Waals surface area contributed by atoms with Crippen LogP contribution in [0.3, 0.4) is 0 Å². The topological polar surface area (TPSA) is 47.4 Å². The number of nitrogens with zero attached hydrogens (tertiary/aromatic N) is 3. The second-order valence-corrected chi connectivity index (χ2v) is 5.85. The van der Waals surface area contributed by atoms with Crippen molar-refractivity contribution in [3.8, 4) is 0 Å². The van der Waals surface area contributed by atoms with Crippen molar-refractivity contribution in [2.45, 2.75) is 52.6 Å². The van der Waals surface area contributed by atoms with E-state index in [0.29, 0.717) is 12.6 Å². The van der Waals surface area contributed by atoms with Crippen LogP contribution in [0.4, 0.5) is 0 Å². The summed E-state index contributed by atoms with van der Waals surface area (Å²) in [5.41, 5.74) is 1.12. The molecule has 5 nitrogen and oxygen atoms in total. The van der Waals surface area contributed by atoms with Gasteiger partial charge in [-0.2, -0.15) is 5.10 Å². The number of ether oxygens (including phenoxy) is 1. The molecule has 0 aliphatic carbocycles. The third-order valence-electron chi connectivity index (χ3n) is 4.30. The van der Waals surface area contributed by atoms with Crippen LogP contribution < -0.4 is 0 Å². The summed E-state index contributed by atoms with van der Waals surface area (Å²) >= 11 is 0. The molecule has 1 unspecified atom stereocenters. The number of carbonyl (C=O) groups is 1. The number of hydrogen-bond acceptors (Lipinski definition) is 4. The van der Waals surface area contributed by atoms with Crippen molar-refractivity contribution < 1.29 is 9.53 Å². The van der Waals surface area contributed by atoms with Crippen LogP contribution >= 0.6 is 0 Å². The SMILES string of the molecule is CCOC(=O)C1CCN(Cc2ccn(C(C)CC)n2)CC1. The van der Waals surface area contributed by atoms with Crippen molar-refractivity contribution in [2.75, 3.05) is 19.7 Å².